The maximum absolute atomic E-state index is 1.56. The van der Waals surface area contributed by atoms with Crippen LogP contribution in [0.3, 0.4) is 0 Å². The second kappa shape index (κ2) is 5.58. The zero-order valence-electron chi connectivity index (χ0n) is 6.92. The SMILES string of the molecule is Br.Br.C1CC2CCC(C1)CC2. The fourth-order valence-corrected chi connectivity index (χ4v) is 2.50. The predicted molar refractivity (Wildman–Crippen MR) is 59.9 cm³/mol. The first-order chi connectivity index (χ1) is 4.45. The number of halogens is 2. The van der Waals surface area contributed by atoms with E-state index < -0.39 is 0 Å². The number of hydrogen-bond donors (Lipinski definition) is 0. The van der Waals surface area contributed by atoms with Crippen molar-refractivity contribution in [1.29, 1.82) is 0 Å². The first kappa shape index (κ1) is 12.0. The molecule has 0 amide bonds. The fraction of sp³-hybridized carbons (Fsp3) is 1.00. The predicted octanol–water partition coefficient (Wildman–Crippen LogP) is 4.13. The minimum atomic E-state index is 0. The first-order valence-corrected chi connectivity index (χ1v) is 4.45. The van der Waals surface area contributed by atoms with E-state index in [1.165, 1.54) is 6.42 Å². The van der Waals surface area contributed by atoms with Crippen LogP contribution in [-0.2, 0) is 0 Å². The molecule has 2 heteroatoms. The lowest BCUT2D eigenvalue weighted by molar-refractivity contribution is 0.308. The Morgan fingerprint density at radius 3 is 1.27 bits per heavy atom. The van der Waals surface area contributed by atoms with Gasteiger partial charge >= 0.3 is 0 Å². The lowest BCUT2D eigenvalue weighted by Crippen LogP contribution is -2.08. The standard InChI is InChI=1S/C9H16.2BrH/c1-2-8-4-6-9(3-1)7-5-8;;/h8-9H,1-7H2;2*1H. The van der Waals surface area contributed by atoms with E-state index in [0.29, 0.717) is 0 Å². The highest BCUT2D eigenvalue weighted by Crippen LogP contribution is 2.38. The van der Waals surface area contributed by atoms with Crippen LogP contribution in [0.15, 0.2) is 0 Å². The van der Waals surface area contributed by atoms with E-state index in [1.54, 1.807) is 38.5 Å². The molecule has 0 unspecified atom stereocenters. The van der Waals surface area contributed by atoms with Gasteiger partial charge in [-0.1, -0.05) is 44.9 Å². The van der Waals surface area contributed by atoms with Gasteiger partial charge in [0.05, 0.1) is 0 Å². The minimum Gasteiger partial charge on any atom is -0.114 e. The average Bonchev–Trinajstić information content (AvgIpc) is 2.21. The van der Waals surface area contributed by atoms with E-state index in [2.05, 4.69) is 0 Å². The third-order valence-corrected chi connectivity index (χ3v) is 3.19. The molecule has 0 radical (unpaired) electrons. The van der Waals surface area contributed by atoms with Gasteiger partial charge in [0, 0.05) is 0 Å². The summed E-state index contributed by atoms with van der Waals surface area (Å²) in [6.07, 6.45) is 10.9. The van der Waals surface area contributed by atoms with E-state index in [1.807, 2.05) is 0 Å². The van der Waals surface area contributed by atoms with Gasteiger partial charge in [-0.2, -0.15) is 0 Å². The van der Waals surface area contributed by atoms with Crippen LogP contribution < -0.4 is 0 Å². The molecule has 3 fully saturated rings. The van der Waals surface area contributed by atoms with Crippen molar-refractivity contribution < 1.29 is 0 Å². The summed E-state index contributed by atoms with van der Waals surface area (Å²) in [4.78, 5) is 0. The molecule has 11 heavy (non-hydrogen) atoms. The molecule has 0 nitrogen and oxygen atoms in total. The van der Waals surface area contributed by atoms with Gasteiger partial charge in [0.2, 0.25) is 0 Å². The highest BCUT2D eigenvalue weighted by atomic mass is 79.9. The Kier molecular flexibility index (Phi) is 6.07. The summed E-state index contributed by atoms with van der Waals surface area (Å²) >= 11 is 0. The van der Waals surface area contributed by atoms with E-state index in [0.717, 1.165) is 11.8 Å². The van der Waals surface area contributed by atoms with Crippen LogP contribution in [-0.4, -0.2) is 0 Å². The molecule has 0 aliphatic heterocycles. The van der Waals surface area contributed by atoms with Crippen LogP contribution in [0.5, 0.6) is 0 Å². The Bertz CT molecular complexity index is 78.2. The summed E-state index contributed by atoms with van der Waals surface area (Å²) in [7, 11) is 0. The van der Waals surface area contributed by atoms with Crippen LogP contribution in [0.2, 0.25) is 0 Å². The second-order valence-corrected chi connectivity index (χ2v) is 3.82. The number of rotatable bonds is 0. The van der Waals surface area contributed by atoms with Gasteiger partial charge < -0.3 is 0 Å². The summed E-state index contributed by atoms with van der Waals surface area (Å²) in [5.74, 6) is 2.28. The van der Waals surface area contributed by atoms with Gasteiger partial charge in [-0.05, 0) is 11.8 Å². The molecule has 3 aliphatic carbocycles. The summed E-state index contributed by atoms with van der Waals surface area (Å²) in [6, 6.07) is 0. The molecule has 0 heterocycles. The zero-order valence-corrected chi connectivity index (χ0v) is 10.3. The van der Waals surface area contributed by atoms with E-state index in [4.69, 9.17) is 0 Å². The van der Waals surface area contributed by atoms with Crippen LogP contribution in [0, 0.1) is 11.8 Å². The molecule has 68 valence electrons. The molecule has 0 N–H and O–H groups in total. The van der Waals surface area contributed by atoms with Crippen molar-refractivity contribution in [3.63, 3.8) is 0 Å². The van der Waals surface area contributed by atoms with Crippen molar-refractivity contribution in [2.24, 2.45) is 11.8 Å². The van der Waals surface area contributed by atoms with Crippen molar-refractivity contribution in [2.45, 2.75) is 44.9 Å². The molecular formula is C9H18Br2. The molecule has 0 aromatic rings. The van der Waals surface area contributed by atoms with Gasteiger partial charge in [0.15, 0.2) is 0 Å². The maximum atomic E-state index is 1.56. The summed E-state index contributed by atoms with van der Waals surface area (Å²) in [6.45, 7) is 0. The summed E-state index contributed by atoms with van der Waals surface area (Å²) in [5, 5.41) is 0. The molecule has 3 saturated carbocycles. The lowest BCUT2D eigenvalue weighted by atomic mass is 9.84. The van der Waals surface area contributed by atoms with Gasteiger partial charge in [0.1, 0.15) is 0 Å². The summed E-state index contributed by atoms with van der Waals surface area (Å²) in [5.41, 5.74) is 0. The quantitative estimate of drug-likeness (QED) is 0.628. The highest BCUT2D eigenvalue weighted by molar-refractivity contribution is 8.93. The third kappa shape index (κ3) is 3.06. The molecular weight excluding hydrogens is 268 g/mol. The van der Waals surface area contributed by atoms with Gasteiger partial charge in [-0.3, -0.25) is 0 Å². The van der Waals surface area contributed by atoms with E-state index in [-0.39, 0.29) is 34.0 Å². The molecule has 0 atom stereocenters. The van der Waals surface area contributed by atoms with Crippen molar-refractivity contribution >= 4 is 34.0 Å². The highest BCUT2D eigenvalue weighted by Gasteiger charge is 2.24. The lowest BCUT2D eigenvalue weighted by Gasteiger charge is -2.22. The van der Waals surface area contributed by atoms with Gasteiger partial charge in [-0.25, -0.2) is 0 Å². The van der Waals surface area contributed by atoms with Crippen molar-refractivity contribution in [3.8, 4) is 0 Å². The van der Waals surface area contributed by atoms with Crippen molar-refractivity contribution in [1.82, 2.24) is 0 Å². The molecule has 0 aromatic carbocycles. The Hall–Kier alpha value is 0.960. The topological polar surface area (TPSA) is 0 Å². The van der Waals surface area contributed by atoms with Crippen LogP contribution in [0.4, 0.5) is 0 Å². The zero-order chi connectivity index (χ0) is 6.10. The van der Waals surface area contributed by atoms with Gasteiger partial charge in [-0.15, -0.1) is 34.0 Å². The molecule has 0 aromatic heterocycles. The Labute approximate surface area is 90.7 Å². The first-order valence-electron chi connectivity index (χ1n) is 4.45. The molecule has 3 rings (SSSR count). The molecule has 0 saturated heterocycles. The molecule has 2 bridgehead atoms. The van der Waals surface area contributed by atoms with E-state index in [9.17, 15) is 0 Å². The van der Waals surface area contributed by atoms with Crippen molar-refractivity contribution in [2.75, 3.05) is 0 Å². The monoisotopic (exact) mass is 284 g/mol. The number of fused-ring (bicyclic) bond motifs is 4. The smallest absolute Gasteiger partial charge is 0.0414 e. The average molecular weight is 286 g/mol. The van der Waals surface area contributed by atoms with E-state index >= 15 is 0 Å². The normalized spacial score (nSPS) is 34.9. The maximum Gasteiger partial charge on any atom is -0.0414 e. The molecule has 0 spiro atoms. The fourth-order valence-electron chi connectivity index (χ4n) is 2.50. The Morgan fingerprint density at radius 2 is 0.909 bits per heavy atom. The number of hydrogen-bond acceptors (Lipinski definition) is 0. The third-order valence-electron chi connectivity index (χ3n) is 3.19. The molecule has 3 aliphatic rings. The Balaban J connectivity index is 0.000000500. The van der Waals surface area contributed by atoms with Crippen LogP contribution in [0.1, 0.15) is 44.9 Å². The minimum absolute atomic E-state index is 0. The largest absolute Gasteiger partial charge is 0.114 e. The Morgan fingerprint density at radius 1 is 0.545 bits per heavy atom. The van der Waals surface area contributed by atoms with Crippen molar-refractivity contribution in [3.05, 3.63) is 0 Å². The van der Waals surface area contributed by atoms with Crippen LogP contribution >= 0.6 is 34.0 Å². The van der Waals surface area contributed by atoms with Gasteiger partial charge in [0.25, 0.3) is 0 Å². The summed E-state index contributed by atoms with van der Waals surface area (Å²) < 4.78 is 0. The van der Waals surface area contributed by atoms with Crippen LogP contribution in [0.25, 0.3) is 0 Å². The second-order valence-electron chi connectivity index (χ2n) is 3.82.